The summed E-state index contributed by atoms with van der Waals surface area (Å²) in [5.74, 6) is -0.118. The van der Waals surface area contributed by atoms with Crippen LogP contribution < -0.4 is 10.6 Å². The van der Waals surface area contributed by atoms with Crippen LogP contribution in [0.15, 0.2) is 40.9 Å². The number of amides is 1. The Bertz CT molecular complexity index is 702. The molecule has 0 fully saturated rings. The number of nitrogen functional groups attached to an aromatic ring is 1. The predicted octanol–water partition coefficient (Wildman–Crippen LogP) is 3.89. The minimum absolute atomic E-state index is 0.118. The SMILES string of the molecule is Nc1cccc2c1N(C(=O)c1cc(Br)ccc1Cl)CC2. The lowest BCUT2D eigenvalue weighted by molar-refractivity contribution is 0.0989. The molecule has 1 heterocycles. The van der Waals surface area contributed by atoms with Crippen LogP contribution >= 0.6 is 27.5 Å². The molecule has 0 aromatic heterocycles. The fraction of sp³-hybridized carbons (Fsp3) is 0.133. The van der Waals surface area contributed by atoms with E-state index in [1.807, 2.05) is 24.3 Å². The number of rotatable bonds is 1. The maximum atomic E-state index is 12.7. The summed E-state index contributed by atoms with van der Waals surface area (Å²) in [6.45, 7) is 0.630. The Balaban J connectivity index is 2.04. The second-order valence-electron chi connectivity index (χ2n) is 4.69. The number of nitrogens with zero attached hydrogens (tertiary/aromatic N) is 1. The van der Waals surface area contributed by atoms with Crippen molar-refractivity contribution >= 4 is 44.8 Å². The van der Waals surface area contributed by atoms with Gasteiger partial charge in [0.25, 0.3) is 5.91 Å². The van der Waals surface area contributed by atoms with Gasteiger partial charge in [0.1, 0.15) is 0 Å². The number of anilines is 2. The molecule has 0 atom stereocenters. The van der Waals surface area contributed by atoms with E-state index in [4.69, 9.17) is 17.3 Å². The molecule has 0 saturated carbocycles. The molecule has 3 nitrogen and oxygen atoms in total. The molecule has 0 unspecified atom stereocenters. The normalized spacial score (nSPS) is 13.4. The lowest BCUT2D eigenvalue weighted by Crippen LogP contribution is -2.29. The zero-order valence-electron chi connectivity index (χ0n) is 10.6. The summed E-state index contributed by atoms with van der Waals surface area (Å²) in [7, 11) is 0. The van der Waals surface area contributed by atoms with Crippen LogP contribution in [-0.2, 0) is 6.42 Å². The molecule has 0 bridgehead atoms. The fourth-order valence-electron chi connectivity index (χ4n) is 2.50. The van der Waals surface area contributed by atoms with E-state index < -0.39 is 0 Å². The first-order valence-electron chi connectivity index (χ1n) is 6.22. The van der Waals surface area contributed by atoms with E-state index in [1.54, 1.807) is 17.0 Å². The molecule has 1 aliphatic heterocycles. The first-order valence-corrected chi connectivity index (χ1v) is 7.39. The third kappa shape index (κ3) is 2.19. The maximum Gasteiger partial charge on any atom is 0.259 e. The number of benzene rings is 2. The molecule has 3 rings (SSSR count). The minimum atomic E-state index is -0.118. The van der Waals surface area contributed by atoms with Gasteiger partial charge in [-0.25, -0.2) is 0 Å². The van der Waals surface area contributed by atoms with Crippen molar-refractivity contribution in [1.29, 1.82) is 0 Å². The summed E-state index contributed by atoms with van der Waals surface area (Å²) in [5, 5.41) is 0.446. The molecule has 1 amide bonds. The average Bonchev–Trinajstić information content (AvgIpc) is 2.86. The van der Waals surface area contributed by atoms with Crippen LogP contribution in [-0.4, -0.2) is 12.5 Å². The fourth-order valence-corrected chi connectivity index (χ4v) is 3.06. The molecule has 5 heteroatoms. The second kappa shape index (κ2) is 5.11. The molecule has 2 aromatic carbocycles. The van der Waals surface area contributed by atoms with Crippen LogP contribution in [0.5, 0.6) is 0 Å². The van der Waals surface area contributed by atoms with E-state index in [0.717, 1.165) is 22.1 Å². The molecule has 102 valence electrons. The standard InChI is InChI=1S/C15H12BrClN2O/c16-10-4-5-12(17)11(8-10)15(20)19-7-6-9-2-1-3-13(18)14(9)19/h1-5,8H,6-7,18H2. The molecule has 1 aliphatic rings. The molecule has 0 saturated heterocycles. The number of hydrogen-bond donors (Lipinski definition) is 1. The number of carbonyl (C=O) groups excluding carboxylic acids is 1. The Hall–Kier alpha value is -1.52. The Morgan fingerprint density at radius 3 is 2.90 bits per heavy atom. The van der Waals surface area contributed by atoms with Crippen molar-refractivity contribution in [3.63, 3.8) is 0 Å². The van der Waals surface area contributed by atoms with Crippen LogP contribution in [0.1, 0.15) is 15.9 Å². The van der Waals surface area contributed by atoms with Gasteiger partial charge in [0.15, 0.2) is 0 Å². The molecular formula is C15H12BrClN2O. The summed E-state index contributed by atoms with van der Waals surface area (Å²) in [4.78, 5) is 14.4. The number of fused-ring (bicyclic) bond motifs is 1. The monoisotopic (exact) mass is 350 g/mol. The van der Waals surface area contributed by atoms with Crippen molar-refractivity contribution in [2.24, 2.45) is 0 Å². The van der Waals surface area contributed by atoms with Crippen molar-refractivity contribution in [3.05, 3.63) is 57.0 Å². The lowest BCUT2D eigenvalue weighted by atomic mass is 10.1. The van der Waals surface area contributed by atoms with Crippen LogP contribution in [0, 0.1) is 0 Å². The largest absolute Gasteiger partial charge is 0.397 e. The van der Waals surface area contributed by atoms with Gasteiger partial charge in [0.05, 0.1) is 22.0 Å². The van der Waals surface area contributed by atoms with Crippen LogP contribution in [0.4, 0.5) is 11.4 Å². The van der Waals surface area contributed by atoms with Crippen LogP contribution in [0.2, 0.25) is 5.02 Å². The summed E-state index contributed by atoms with van der Waals surface area (Å²) < 4.78 is 0.825. The highest BCUT2D eigenvalue weighted by atomic mass is 79.9. The van der Waals surface area contributed by atoms with E-state index in [0.29, 0.717) is 22.8 Å². The van der Waals surface area contributed by atoms with Gasteiger partial charge in [-0.15, -0.1) is 0 Å². The van der Waals surface area contributed by atoms with Gasteiger partial charge < -0.3 is 10.6 Å². The minimum Gasteiger partial charge on any atom is -0.397 e. The first-order chi connectivity index (χ1) is 9.58. The summed E-state index contributed by atoms with van der Waals surface area (Å²) in [6.07, 6.45) is 0.817. The van der Waals surface area contributed by atoms with Gasteiger partial charge in [-0.1, -0.05) is 39.7 Å². The smallest absolute Gasteiger partial charge is 0.259 e. The molecule has 2 aromatic rings. The van der Waals surface area contributed by atoms with Crippen LogP contribution in [0.3, 0.4) is 0 Å². The second-order valence-corrected chi connectivity index (χ2v) is 6.01. The van der Waals surface area contributed by atoms with Crippen LogP contribution in [0.25, 0.3) is 0 Å². The van der Waals surface area contributed by atoms with Crippen molar-refractivity contribution < 1.29 is 4.79 Å². The van der Waals surface area contributed by atoms with Crippen molar-refractivity contribution in [3.8, 4) is 0 Å². The van der Waals surface area contributed by atoms with Gasteiger partial charge in [-0.2, -0.15) is 0 Å². The number of halogens is 2. The Labute approximate surface area is 130 Å². The summed E-state index contributed by atoms with van der Waals surface area (Å²) in [6, 6.07) is 11.0. The van der Waals surface area contributed by atoms with Gasteiger partial charge in [-0.05, 0) is 36.2 Å². The molecule has 0 radical (unpaired) electrons. The van der Waals surface area contributed by atoms with Crippen molar-refractivity contribution in [1.82, 2.24) is 0 Å². The Morgan fingerprint density at radius 1 is 1.30 bits per heavy atom. The van der Waals surface area contributed by atoms with Gasteiger partial charge in [-0.3, -0.25) is 4.79 Å². The molecule has 0 spiro atoms. The average molecular weight is 352 g/mol. The number of carbonyl (C=O) groups is 1. The van der Waals surface area contributed by atoms with E-state index in [9.17, 15) is 4.79 Å². The zero-order valence-corrected chi connectivity index (χ0v) is 12.9. The summed E-state index contributed by atoms with van der Waals surface area (Å²) >= 11 is 9.50. The van der Waals surface area contributed by atoms with Gasteiger partial charge >= 0.3 is 0 Å². The summed E-state index contributed by atoms with van der Waals surface area (Å²) in [5.41, 5.74) is 9.03. The molecule has 0 aliphatic carbocycles. The highest BCUT2D eigenvalue weighted by Gasteiger charge is 2.28. The number of hydrogen-bond acceptors (Lipinski definition) is 2. The van der Waals surface area contributed by atoms with E-state index in [1.165, 1.54) is 0 Å². The first kappa shape index (κ1) is 13.5. The maximum absolute atomic E-state index is 12.7. The topological polar surface area (TPSA) is 46.3 Å². The Morgan fingerprint density at radius 2 is 2.10 bits per heavy atom. The molecule has 20 heavy (non-hydrogen) atoms. The highest BCUT2D eigenvalue weighted by Crippen LogP contribution is 2.35. The van der Waals surface area contributed by atoms with Gasteiger partial charge in [0.2, 0.25) is 0 Å². The molecular weight excluding hydrogens is 340 g/mol. The predicted molar refractivity (Wildman–Crippen MR) is 85.4 cm³/mol. The zero-order chi connectivity index (χ0) is 14.3. The molecule has 2 N–H and O–H groups in total. The lowest BCUT2D eigenvalue weighted by Gasteiger charge is -2.19. The quantitative estimate of drug-likeness (QED) is 0.792. The van der Waals surface area contributed by atoms with E-state index in [2.05, 4.69) is 15.9 Å². The third-order valence-corrected chi connectivity index (χ3v) is 4.25. The third-order valence-electron chi connectivity index (χ3n) is 3.43. The Kier molecular flexibility index (Phi) is 3.44. The highest BCUT2D eigenvalue weighted by molar-refractivity contribution is 9.10. The van der Waals surface area contributed by atoms with E-state index in [-0.39, 0.29) is 5.91 Å². The van der Waals surface area contributed by atoms with E-state index >= 15 is 0 Å². The van der Waals surface area contributed by atoms with Crippen molar-refractivity contribution in [2.75, 3.05) is 17.2 Å². The van der Waals surface area contributed by atoms with Gasteiger partial charge in [0, 0.05) is 11.0 Å². The number of nitrogens with two attached hydrogens (primary N) is 1. The van der Waals surface area contributed by atoms with Crippen molar-refractivity contribution in [2.45, 2.75) is 6.42 Å². The number of para-hydroxylation sites is 1.